The standard InChI is InChI=1S/C33H35F3N4OSi/c1-32(2,3)42(27-11-6-4-7-12-27,28-13-8-5-9-14-28)23-41-22-26(21-37)40-31-29(15-10-20-38-31)30(39-40)24-16-18-25(19-17-24)33(34,35)36/h4-20,26H,21-23,37H2,1-3H3. The summed E-state index contributed by atoms with van der Waals surface area (Å²) in [6, 6.07) is 29.6. The molecule has 0 bridgehead atoms. The van der Waals surface area contributed by atoms with E-state index in [2.05, 4.69) is 74.3 Å². The third-order valence-corrected chi connectivity index (χ3v) is 13.8. The van der Waals surface area contributed by atoms with Gasteiger partial charge in [0, 0.05) is 29.9 Å². The van der Waals surface area contributed by atoms with Crippen LogP contribution >= 0.6 is 0 Å². The van der Waals surface area contributed by atoms with E-state index in [1.165, 1.54) is 22.5 Å². The first-order valence-electron chi connectivity index (χ1n) is 14.0. The fourth-order valence-electron chi connectivity index (χ4n) is 5.71. The summed E-state index contributed by atoms with van der Waals surface area (Å²) in [6.07, 6.45) is -2.19. The molecule has 0 amide bonds. The van der Waals surface area contributed by atoms with Crippen LogP contribution in [0.15, 0.2) is 103 Å². The zero-order valence-electron chi connectivity index (χ0n) is 24.0. The molecule has 5 rings (SSSR count). The SMILES string of the molecule is CC(C)(C)[Si](COCC(CN)n1nc(-c2ccc(C(F)(F)F)cc2)c2cccnc21)(c1ccccc1)c1ccccc1. The van der Waals surface area contributed by atoms with Crippen LogP contribution in [0, 0.1) is 0 Å². The van der Waals surface area contributed by atoms with Crippen molar-refractivity contribution in [2.75, 3.05) is 19.4 Å². The second-order valence-electron chi connectivity index (χ2n) is 11.5. The lowest BCUT2D eigenvalue weighted by molar-refractivity contribution is -0.137. The first-order valence-corrected chi connectivity index (χ1v) is 16.2. The Morgan fingerprint density at radius 1 is 0.833 bits per heavy atom. The Hall–Kier alpha value is -3.79. The summed E-state index contributed by atoms with van der Waals surface area (Å²) in [5, 5.41) is 8.09. The summed E-state index contributed by atoms with van der Waals surface area (Å²) < 4.78 is 47.9. The van der Waals surface area contributed by atoms with E-state index in [1.807, 2.05) is 18.2 Å². The molecule has 0 aliphatic rings. The monoisotopic (exact) mass is 588 g/mol. The number of rotatable bonds is 9. The van der Waals surface area contributed by atoms with Gasteiger partial charge in [0.2, 0.25) is 0 Å². The van der Waals surface area contributed by atoms with E-state index in [-0.39, 0.29) is 17.6 Å². The highest BCUT2D eigenvalue weighted by Gasteiger charge is 2.48. The van der Waals surface area contributed by atoms with Crippen LogP contribution in [-0.4, -0.2) is 42.2 Å². The minimum atomic E-state index is -4.41. The van der Waals surface area contributed by atoms with Crippen molar-refractivity contribution in [3.8, 4) is 11.3 Å². The van der Waals surface area contributed by atoms with E-state index in [0.29, 0.717) is 29.7 Å². The van der Waals surface area contributed by atoms with Crippen LogP contribution in [0.2, 0.25) is 5.04 Å². The van der Waals surface area contributed by atoms with Gasteiger partial charge in [-0.2, -0.15) is 18.3 Å². The average Bonchev–Trinajstić information content (AvgIpc) is 3.37. The number of halogens is 3. The number of ether oxygens (including phenoxy) is 1. The first kappa shape index (κ1) is 29.7. The quantitative estimate of drug-likeness (QED) is 0.207. The Balaban J connectivity index is 1.48. The Kier molecular flexibility index (Phi) is 8.36. The van der Waals surface area contributed by atoms with Gasteiger partial charge in [-0.05, 0) is 29.3 Å². The number of nitrogens with zero attached hydrogens (tertiary/aromatic N) is 3. The zero-order valence-corrected chi connectivity index (χ0v) is 25.0. The third-order valence-electron chi connectivity index (χ3n) is 8.01. The molecule has 0 fully saturated rings. The van der Waals surface area contributed by atoms with Gasteiger partial charge < -0.3 is 10.5 Å². The minimum absolute atomic E-state index is 0.0659. The molecule has 1 atom stereocenters. The highest BCUT2D eigenvalue weighted by Crippen LogP contribution is 2.37. The van der Waals surface area contributed by atoms with Crippen molar-refractivity contribution < 1.29 is 17.9 Å². The van der Waals surface area contributed by atoms with Gasteiger partial charge in [0.1, 0.15) is 13.8 Å². The fourth-order valence-corrected chi connectivity index (χ4v) is 10.5. The van der Waals surface area contributed by atoms with E-state index in [1.54, 1.807) is 16.9 Å². The molecular formula is C33H35F3N4OSi. The van der Waals surface area contributed by atoms with Gasteiger partial charge in [-0.25, -0.2) is 9.67 Å². The molecule has 0 radical (unpaired) electrons. The molecular weight excluding hydrogens is 553 g/mol. The lowest BCUT2D eigenvalue weighted by atomic mass is 10.1. The summed E-state index contributed by atoms with van der Waals surface area (Å²) in [5.41, 5.74) is 7.32. The predicted octanol–water partition coefficient (Wildman–Crippen LogP) is 6.24. The van der Waals surface area contributed by atoms with Gasteiger partial charge in [0.15, 0.2) is 5.65 Å². The van der Waals surface area contributed by atoms with Crippen LogP contribution in [0.4, 0.5) is 13.2 Å². The summed E-state index contributed by atoms with van der Waals surface area (Å²) in [4.78, 5) is 4.56. The van der Waals surface area contributed by atoms with Gasteiger partial charge in [-0.15, -0.1) is 0 Å². The van der Waals surface area contributed by atoms with Gasteiger partial charge in [0.25, 0.3) is 0 Å². The summed E-state index contributed by atoms with van der Waals surface area (Å²) >= 11 is 0. The molecule has 0 saturated heterocycles. The number of aromatic nitrogens is 3. The van der Waals surface area contributed by atoms with Crippen LogP contribution in [0.25, 0.3) is 22.3 Å². The molecule has 0 spiro atoms. The van der Waals surface area contributed by atoms with Crippen molar-refractivity contribution in [1.82, 2.24) is 14.8 Å². The van der Waals surface area contributed by atoms with Crippen molar-refractivity contribution in [2.24, 2.45) is 5.73 Å². The number of pyridine rings is 1. The maximum Gasteiger partial charge on any atom is 0.416 e. The van der Waals surface area contributed by atoms with Crippen LogP contribution in [0.5, 0.6) is 0 Å². The summed E-state index contributed by atoms with van der Waals surface area (Å²) in [7, 11) is -2.45. The number of hydrogen-bond acceptors (Lipinski definition) is 4. The third kappa shape index (κ3) is 5.64. The number of alkyl halides is 3. The van der Waals surface area contributed by atoms with E-state index >= 15 is 0 Å². The smallest absolute Gasteiger partial charge is 0.382 e. The van der Waals surface area contributed by atoms with Crippen LogP contribution in [0.1, 0.15) is 32.4 Å². The topological polar surface area (TPSA) is 66.0 Å². The molecule has 42 heavy (non-hydrogen) atoms. The molecule has 1 unspecified atom stereocenters. The predicted molar refractivity (Wildman–Crippen MR) is 164 cm³/mol. The number of nitrogens with two attached hydrogens (primary N) is 1. The molecule has 2 N–H and O–H groups in total. The number of hydrogen-bond donors (Lipinski definition) is 1. The van der Waals surface area contributed by atoms with Gasteiger partial charge in [-0.1, -0.05) is 104 Å². The Labute approximate surface area is 245 Å². The Morgan fingerprint density at radius 3 is 1.95 bits per heavy atom. The van der Waals surface area contributed by atoms with Crippen LogP contribution in [0.3, 0.4) is 0 Å². The van der Waals surface area contributed by atoms with Gasteiger partial charge in [-0.3, -0.25) is 0 Å². The van der Waals surface area contributed by atoms with Crippen molar-refractivity contribution in [3.63, 3.8) is 0 Å². The molecule has 2 aromatic heterocycles. The lowest BCUT2D eigenvalue weighted by Crippen LogP contribution is -2.67. The summed E-state index contributed by atoms with van der Waals surface area (Å²) in [5.74, 6) is 0. The van der Waals surface area contributed by atoms with Crippen molar-refractivity contribution >= 4 is 29.5 Å². The second-order valence-corrected chi connectivity index (χ2v) is 16.3. The van der Waals surface area contributed by atoms with Crippen LogP contribution in [-0.2, 0) is 10.9 Å². The van der Waals surface area contributed by atoms with Crippen molar-refractivity contribution in [3.05, 3.63) is 109 Å². The lowest BCUT2D eigenvalue weighted by Gasteiger charge is -2.44. The first-order chi connectivity index (χ1) is 20.1. The minimum Gasteiger partial charge on any atom is -0.382 e. The average molecular weight is 589 g/mol. The largest absolute Gasteiger partial charge is 0.416 e. The van der Waals surface area contributed by atoms with E-state index in [9.17, 15) is 13.2 Å². The molecule has 0 aliphatic carbocycles. The normalized spacial score (nSPS) is 13.4. The van der Waals surface area contributed by atoms with E-state index in [4.69, 9.17) is 15.6 Å². The molecule has 218 valence electrons. The van der Waals surface area contributed by atoms with Crippen LogP contribution < -0.4 is 16.1 Å². The Morgan fingerprint density at radius 2 is 1.43 bits per heavy atom. The Bertz CT molecular complexity index is 1580. The highest BCUT2D eigenvalue weighted by molar-refractivity contribution is 7.04. The van der Waals surface area contributed by atoms with Crippen molar-refractivity contribution in [2.45, 2.75) is 38.0 Å². The zero-order chi connectivity index (χ0) is 30.0. The number of fused-ring (bicyclic) bond motifs is 1. The maximum absolute atomic E-state index is 13.2. The summed E-state index contributed by atoms with van der Waals surface area (Å²) in [6.45, 7) is 7.40. The van der Waals surface area contributed by atoms with E-state index < -0.39 is 19.8 Å². The molecule has 2 heterocycles. The molecule has 3 aromatic carbocycles. The second kappa shape index (κ2) is 11.8. The van der Waals surface area contributed by atoms with E-state index in [0.717, 1.165) is 17.5 Å². The molecule has 0 aliphatic heterocycles. The molecule has 5 nitrogen and oxygen atoms in total. The molecule has 5 aromatic rings. The molecule has 0 saturated carbocycles. The number of benzene rings is 3. The van der Waals surface area contributed by atoms with Crippen molar-refractivity contribution in [1.29, 1.82) is 0 Å². The van der Waals surface area contributed by atoms with Gasteiger partial charge >= 0.3 is 6.18 Å². The molecule has 9 heteroatoms. The maximum atomic E-state index is 13.2. The van der Waals surface area contributed by atoms with Gasteiger partial charge in [0.05, 0.1) is 18.2 Å². The highest BCUT2D eigenvalue weighted by atomic mass is 28.3. The fraction of sp³-hybridized carbons (Fsp3) is 0.273.